The lowest BCUT2D eigenvalue weighted by Crippen LogP contribution is -2.07. The molecule has 24 heavy (non-hydrogen) atoms. The molecule has 4 heteroatoms. The summed E-state index contributed by atoms with van der Waals surface area (Å²) in [4.78, 5) is 9.84. The Balaban J connectivity index is 1.86. The third-order valence-electron chi connectivity index (χ3n) is 4.71. The molecule has 3 heterocycles. The SMILES string of the molecule is C1=C\CCn2c(nc3ccccc32)-c2nc3ccccc3n2CC/1. The molecule has 0 spiro atoms. The van der Waals surface area contributed by atoms with Crippen LogP contribution in [0.1, 0.15) is 12.8 Å². The monoisotopic (exact) mass is 314 g/mol. The summed E-state index contributed by atoms with van der Waals surface area (Å²) in [5.74, 6) is 1.95. The largest absolute Gasteiger partial charge is 0.321 e. The van der Waals surface area contributed by atoms with E-state index in [1.165, 1.54) is 11.0 Å². The number of rotatable bonds is 0. The van der Waals surface area contributed by atoms with Crippen molar-refractivity contribution in [2.24, 2.45) is 0 Å². The van der Waals surface area contributed by atoms with Crippen molar-refractivity contribution >= 4 is 22.1 Å². The molecule has 0 fully saturated rings. The first-order valence-electron chi connectivity index (χ1n) is 8.48. The van der Waals surface area contributed by atoms with Crippen LogP contribution in [-0.2, 0) is 13.1 Å². The molecule has 0 saturated heterocycles. The van der Waals surface area contributed by atoms with E-state index in [1.807, 2.05) is 12.1 Å². The molecular formula is C20H18N4. The molecule has 0 unspecified atom stereocenters. The molecule has 0 amide bonds. The molecule has 0 aliphatic carbocycles. The van der Waals surface area contributed by atoms with Crippen LogP contribution < -0.4 is 0 Å². The Morgan fingerprint density at radius 3 is 1.58 bits per heavy atom. The van der Waals surface area contributed by atoms with Gasteiger partial charge in [-0.2, -0.15) is 0 Å². The first-order chi connectivity index (χ1) is 11.9. The van der Waals surface area contributed by atoms with Crippen molar-refractivity contribution in [3.05, 3.63) is 60.7 Å². The van der Waals surface area contributed by atoms with Gasteiger partial charge in [0.15, 0.2) is 11.6 Å². The van der Waals surface area contributed by atoms with E-state index in [4.69, 9.17) is 9.97 Å². The molecule has 118 valence electrons. The highest BCUT2D eigenvalue weighted by Crippen LogP contribution is 2.29. The van der Waals surface area contributed by atoms with Gasteiger partial charge in [0, 0.05) is 13.1 Å². The van der Waals surface area contributed by atoms with Gasteiger partial charge in [-0.1, -0.05) is 36.4 Å². The highest BCUT2D eigenvalue weighted by atomic mass is 15.2. The Kier molecular flexibility index (Phi) is 3.01. The molecule has 2 aromatic carbocycles. The van der Waals surface area contributed by atoms with Gasteiger partial charge in [-0.25, -0.2) is 9.97 Å². The summed E-state index contributed by atoms with van der Waals surface area (Å²) in [6.07, 6.45) is 6.60. The number of aromatic nitrogens is 4. The van der Waals surface area contributed by atoms with Gasteiger partial charge in [0.2, 0.25) is 0 Å². The van der Waals surface area contributed by atoms with Crippen molar-refractivity contribution in [1.29, 1.82) is 0 Å². The number of allylic oxidation sites excluding steroid dienone is 2. The maximum atomic E-state index is 4.92. The number of imidazole rings is 2. The van der Waals surface area contributed by atoms with Crippen molar-refractivity contribution in [2.45, 2.75) is 25.9 Å². The van der Waals surface area contributed by atoms with Gasteiger partial charge in [-0.05, 0) is 37.1 Å². The summed E-state index contributed by atoms with van der Waals surface area (Å²) >= 11 is 0. The normalized spacial score (nSPS) is 16.0. The lowest BCUT2D eigenvalue weighted by molar-refractivity contribution is 0.687. The van der Waals surface area contributed by atoms with Crippen molar-refractivity contribution in [2.75, 3.05) is 0 Å². The van der Waals surface area contributed by atoms with Crippen LogP contribution in [0.2, 0.25) is 0 Å². The second kappa shape index (κ2) is 5.34. The molecule has 1 aliphatic heterocycles. The molecule has 0 atom stereocenters. The minimum absolute atomic E-state index is 0.926. The maximum absolute atomic E-state index is 4.92. The van der Waals surface area contributed by atoms with Crippen molar-refractivity contribution < 1.29 is 0 Å². The van der Waals surface area contributed by atoms with E-state index in [9.17, 15) is 0 Å². The fourth-order valence-corrected chi connectivity index (χ4v) is 3.59. The second-order valence-corrected chi connectivity index (χ2v) is 6.20. The molecule has 4 aromatic rings. The number of para-hydroxylation sites is 4. The number of aryl methyl sites for hydroxylation is 2. The van der Waals surface area contributed by atoms with Crippen molar-refractivity contribution in [3.63, 3.8) is 0 Å². The zero-order valence-electron chi connectivity index (χ0n) is 13.4. The molecule has 2 aromatic heterocycles. The average molecular weight is 314 g/mol. The first-order valence-corrected chi connectivity index (χ1v) is 8.48. The zero-order valence-corrected chi connectivity index (χ0v) is 13.4. The Hall–Kier alpha value is -2.88. The van der Waals surface area contributed by atoms with Gasteiger partial charge in [0.25, 0.3) is 0 Å². The quantitative estimate of drug-likeness (QED) is 0.451. The molecule has 4 nitrogen and oxygen atoms in total. The zero-order chi connectivity index (χ0) is 15.9. The third-order valence-corrected chi connectivity index (χ3v) is 4.71. The summed E-state index contributed by atoms with van der Waals surface area (Å²) in [6, 6.07) is 16.7. The fraction of sp³-hybridized carbons (Fsp3) is 0.200. The number of hydrogen-bond donors (Lipinski definition) is 0. The van der Waals surface area contributed by atoms with Crippen LogP contribution in [0, 0.1) is 0 Å². The van der Waals surface area contributed by atoms with E-state index < -0.39 is 0 Å². The van der Waals surface area contributed by atoms with Gasteiger partial charge >= 0.3 is 0 Å². The van der Waals surface area contributed by atoms with E-state index in [1.54, 1.807) is 0 Å². The lowest BCUT2D eigenvalue weighted by atomic mass is 10.2. The number of nitrogens with zero attached hydrogens (tertiary/aromatic N) is 4. The van der Waals surface area contributed by atoms with Gasteiger partial charge in [-0.15, -0.1) is 0 Å². The molecule has 0 saturated carbocycles. The molecule has 5 rings (SSSR count). The topological polar surface area (TPSA) is 35.6 Å². The molecule has 0 radical (unpaired) electrons. The summed E-state index contributed by atoms with van der Waals surface area (Å²) < 4.78 is 4.62. The predicted molar refractivity (Wildman–Crippen MR) is 96.8 cm³/mol. The van der Waals surface area contributed by atoms with Gasteiger partial charge < -0.3 is 9.13 Å². The van der Waals surface area contributed by atoms with Crippen LogP contribution in [0.25, 0.3) is 33.7 Å². The van der Waals surface area contributed by atoms with Crippen LogP contribution in [0.15, 0.2) is 60.7 Å². The Morgan fingerprint density at radius 2 is 1.08 bits per heavy atom. The van der Waals surface area contributed by atoms with E-state index >= 15 is 0 Å². The molecular weight excluding hydrogens is 296 g/mol. The smallest absolute Gasteiger partial charge is 0.177 e. The third kappa shape index (κ3) is 1.99. The van der Waals surface area contributed by atoms with Crippen LogP contribution in [-0.4, -0.2) is 19.1 Å². The van der Waals surface area contributed by atoms with Crippen LogP contribution in [0.5, 0.6) is 0 Å². The summed E-state index contributed by atoms with van der Waals surface area (Å²) in [5, 5.41) is 0. The van der Waals surface area contributed by atoms with E-state index in [2.05, 4.69) is 57.7 Å². The standard InChI is InChI=1S/C20H18N4/c1-2-8-14-24-18-12-6-4-10-16(18)22-20(24)19-21-15-9-3-5-11-17(15)23(19)13-7-1/h1-6,9-12H,7-8,13-14H2/b2-1-. The Morgan fingerprint density at radius 1 is 0.625 bits per heavy atom. The molecule has 1 aliphatic rings. The maximum Gasteiger partial charge on any atom is 0.177 e. The summed E-state index contributed by atoms with van der Waals surface area (Å²) in [6.45, 7) is 1.85. The Bertz CT molecular complexity index is 982. The average Bonchev–Trinajstić information content (AvgIpc) is 3.17. The number of fused-ring (bicyclic) bond motifs is 7. The molecule has 0 N–H and O–H groups in total. The van der Waals surface area contributed by atoms with E-state index in [0.717, 1.165) is 48.6 Å². The Labute approximate surface area is 140 Å². The molecule has 0 bridgehead atoms. The lowest BCUT2D eigenvalue weighted by Gasteiger charge is -2.12. The predicted octanol–water partition coefficient (Wildman–Crippen LogP) is 4.40. The van der Waals surface area contributed by atoms with Gasteiger partial charge in [-0.3, -0.25) is 0 Å². The van der Waals surface area contributed by atoms with Crippen LogP contribution in [0.4, 0.5) is 0 Å². The minimum atomic E-state index is 0.926. The van der Waals surface area contributed by atoms with Crippen molar-refractivity contribution in [3.8, 4) is 11.6 Å². The van der Waals surface area contributed by atoms with E-state index in [0.29, 0.717) is 0 Å². The fourth-order valence-electron chi connectivity index (χ4n) is 3.59. The van der Waals surface area contributed by atoms with Gasteiger partial charge in [0.05, 0.1) is 22.1 Å². The highest BCUT2D eigenvalue weighted by Gasteiger charge is 2.19. The second-order valence-electron chi connectivity index (χ2n) is 6.20. The number of hydrogen-bond acceptors (Lipinski definition) is 2. The summed E-state index contributed by atoms with van der Waals surface area (Å²) in [5.41, 5.74) is 4.43. The van der Waals surface area contributed by atoms with E-state index in [-0.39, 0.29) is 0 Å². The van der Waals surface area contributed by atoms with Crippen molar-refractivity contribution in [1.82, 2.24) is 19.1 Å². The highest BCUT2D eigenvalue weighted by molar-refractivity contribution is 5.83. The van der Waals surface area contributed by atoms with Crippen LogP contribution >= 0.6 is 0 Å². The number of benzene rings is 2. The first kappa shape index (κ1) is 13.5. The summed E-state index contributed by atoms with van der Waals surface area (Å²) in [7, 11) is 0. The van der Waals surface area contributed by atoms with Crippen LogP contribution in [0.3, 0.4) is 0 Å². The van der Waals surface area contributed by atoms with Gasteiger partial charge in [0.1, 0.15) is 0 Å². The minimum Gasteiger partial charge on any atom is -0.321 e.